The van der Waals surface area contributed by atoms with E-state index in [0.717, 1.165) is 28.0 Å². The highest BCUT2D eigenvalue weighted by molar-refractivity contribution is 5.85. The Morgan fingerprint density at radius 2 is 1.60 bits per heavy atom. The predicted octanol–water partition coefficient (Wildman–Crippen LogP) is 3.69. The van der Waals surface area contributed by atoms with E-state index in [0.29, 0.717) is 24.3 Å². The first-order valence-electron chi connectivity index (χ1n) is 10.1. The summed E-state index contributed by atoms with van der Waals surface area (Å²) in [4.78, 5) is 29.9. The Bertz CT molecular complexity index is 1360. The number of aryl methyl sites for hydroxylation is 4. The maximum absolute atomic E-state index is 12.9. The number of benzene rings is 2. The zero-order chi connectivity index (χ0) is 21.4. The van der Waals surface area contributed by atoms with Gasteiger partial charge in [0, 0.05) is 25.0 Å². The van der Waals surface area contributed by atoms with Crippen LogP contribution in [0, 0.1) is 13.8 Å². The van der Waals surface area contributed by atoms with Crippen molar-refractivity contribution in [3.63, 3.8) is 0 Å². The molecule has 4 aromatic rings. The molecule has 7 heteroatoms. The molecule has 30 heavy (non-hydrogen) atoms. The SMILES string of the molecule is CCn1c(=O)n(CC)c2cc(N=Cc3c(C)[nH]n(-c4ccc(C)cc4)c3=O)ccc21. The third kappa shape index (κ3) is 3.22. The molecule has 0 aliphatic heterocycles. The number of aromatic nitrogens is 4. The number of hydrogen-bond donors (Lipinski definition) is 1. The van der Waals surface area contributed by atoms with Crippen LogP contribution >= 0.6 is 0 Å². The molecular formula is C23H25N5O2. The van der Waals surface area contributed by atoms with Gasteiger partial charge in [0.05, 0.1) is 28.0 Å². The summed E-state index contributed by atoms with van der Waals surface area (Å²) in [6.07, 6.45) is 1.59. The van der Waals surface area contributed by atoms with E-state index < -0.39 is 0 Å². The van der Waals surface area contributed by atoms with Crippen LogP contribution < -0.4 is 11.2 Å². The molecule has 0 spiro atoms. The Balaban J connectivity index is 1.74. The molecule has 2 aromatic heterocycles. The zero-order valence-corrected chi connectivity index (χ0v) is 17.6. The second-order valence-electron chi connectivity index (χ2n) is 7.33. The van der Waals surface area contributed by atoms with Crippen molar-refractivity contribution in [2.24, 2.45) is 4.99 Å². The van der Waals surface area contributed by atoms with Crippen LogP contribution in [0.4, 0.5) is 5.69 Å². The fraction of sp³-hybridized carbons (Fsp3) is 0.261. The molecule has 0 aliphatic rings. The van der Waals surface area contributed by atoms with E-state index in [4.69, 9.17) is 0 Å². The molecule has 0 bridgehead atoms. The lowest BCUT2D eigenvalue weighted by molar-refractivity contribution is 0.671. The molecule has 2 heterocycles. The van der Waals surface area contributed by atoms with Crippen LogP contribution in [0.2, 0.25) is 0 Å². The fourth-order valence-corrected chi connectivity index (χ4v) is 3.73. The van der Waals surface area contributed by atoms with Gasteiger partial charge in [-0.3, -0.25) is 24.0 Å². The highest BCUT2D eigenvalue weighted by Crippen LogP contribution is 2.21. The summed E-state index contributed by atoms with van der Waals surface area (Å²) in [6.45, 7) is 8.98. The van der Waals surface area contributed by atoms with Crippen molar-refractivity contribution in [1.29, 1.82) is 0 Å². The normalized spacial score (nSPS) is 11.7. The number of hydrogen-bond acceptors (Lipinski definition) is 3. The first kappa shape index (κ1) is 19.7. The van der Waals surface area contributed by atoms with Crippen molar-refractivity contribution in [1.82, 2.24) is 18.9 Å². The van der Waals surface area contributed by atoms with Crippen molar-refractivity contribution in [3.05, 3.63) is 80.1 Å². The van der Waals surface area contributed by atoms with E-state index in [-0.39, 0.29) is 11.2 Å². The number of nitrogens with zero attached hydrogens (tertiary/aromatic N) is 4. The highest BCUT2D eigenvalue weighted by Gasteiger charge is 2.13. The molecule has 0 saturated carbocycles. The molecule has 1 N–H and O–H groups in total. The smallest absolute Gasteiger partial charge is 0.295 e. The van der Waals surface area contributed by atoms with Crippen molar-refractivity contribution < 1.29 is 0 Å². The van der Waals surface area contributed by atoms with Crippen molar-refractivity contribution >= 4 is 22.9 Å². The maximum atomic E-state index is 12.9. The summed E-state index contributed by atoms with van der Waals surface area (Å²) < 4.78 is 5.02. The van der Waals surface area contributed by atoms with Gasteiger partial charge in [-0.05, 0) is 58.0 Å². The largest absolute Gasteiger partial charge is 0.329 e. The average Bonchev–Trinajstić information content (AvgIpc) is 3.18. The van der Waals surface area contributed by atoms with Crippen LogP contribution in [0.25, 0.3) is 16.7 Å². The summed E-state index contributed by atoms with van der Waals surface area (Å²) in [5.74, 6) is 0. The topological polar surface area (TPSA) is 77.1 Å². The Labute approximate surface area is 173 Å². The van der Waals surface area contributed by atoms with Crippen LogP contribution in [0.15, 0.2) is 57.0 Å². The van der Waals surface area contributed by atoms with Crippen molar-refractivity contribution in [3.8, 4) is 5.69 Å². The summed E-state index contributed by atoms with van der Waals surface area (Å²) in [5.41, 5.74) is 5.44. The molecule has 0 atom stereocenters. The third-order valence-corrected chi connectivity index (χ3v) is 5.39. The summed E-state index contributed by atoms with van der Waals surface area (Å²) >= 11 is 0. The lowest BCUT2D eigenvalue weighted by atomic mass is 10.2. The molecule has 0 aliphatic carbocycles. The highest BCUT2D eigenvalue weighted by atomic mass is 16.2. The molecule has 7 nitrogen and oxygen atoms in total. The standard InChI is InChI=1S/C23H25N5O2/c1-5-26-20-12-9-17(13-21(20)27(6-2)23(26)30)24-14-19-16(4)25-28(22(19)29)18-10-7-15(3)8-11-18/h7-14,25H,5-6H2,1-4H3. The van der Waals surface area contributed by atoms with E-state index in [1.165, 1.54) is 4.68 Å². The van der Waals surface area contributed by atoms with E-state index in [9.17, 15) is 9.59 Å². The zero-order valence-electron chi connectivity index (χ0n) is 17.6. The van der Waals surface area contributed by atoms with Crippen LogP contribution in [0.3, 0.4) is 0 Å². The van der Waals surface area contributed by atoms with Crippen LogP contribution in [0.1, 0.15) is 30.7 Å². The second-order valence-corrected chi connectivity index (χ2v) is 7.33. The summed E-state index contributed by atoms with van der Waals surface area (Å²) in [5, 5.41) is 3.12. The van der Waals surface area contributed by atoms with E-state index in [2.05, 4.69) is 10.1 Å². The molecule has 0 fully saturated rings. The van der Waals surface area contributed by atoms with Crippen LogP contribution in [-0.2, 0) is 13.1 Å². The number of aromatic amines is 1. The Kier molecular flexibility index (Phi) is 5.03. The summed E-state index contributed by atoms with van der Waals surface area (Å²) in [7, 11) is 0. The minimum atomic E-state index is -0.149. The van der Waals surface area contributed by atoms with Crippen LogP contribution in [-0.4, -0.2) is 25.1 Å². The molecule has 4 rings (SSSR count). The Morgan fingerprint density at radius 1 is 0.933 bits per heavy atom. The average molecular weight is 403 g/mol. The number of rotatable bonds is 5. The molecule has 154 valence electrons. The second kappa shape index (κ2) is 7.67. The first-order valence-corrected chi connectivity index (χ1v) is 10.1. The van der Waals surface area contributed by atoms with Gasteiger partial charge in [0.25, 0.3) is 5.56 Å². The van der Waals surface area contributed by atoms with Gasteiger partial charge in [0.15, 0.2) is 0 Å². The maximum Gasteiger partial charge on any atom is 0.329 e. The minimum absolute atomic E-state index is 0.0152. The quantitative estimate of drug-likeness (QED) is 0.516. The Morgan fingerprint density at radius 3 is 2.27 bits per heavy atom. The number of nitrogens with one attached hydrogen (secondary N) is 1. The van der Waals surface area contributed by atoms with Gasteiger partial charge in [-0.1, -0.05) is 17.7 Å². The van der Waals surface area contributed by atoms with Gasteiger partial charge < -0.3 is 0 Å². The number of aliphatic imine (C=N–C) groups is 1. The monoisotopic (exact) mass is 403 g/mol. The van der Waals surface area contributed by atoms with Gasteiger partial charge in [0.2, 0.25) is 0 Å². The van der Waals surface area contributed by atoms with Gasteiger partial charge >= 0.3 is 5.69 Å². The van der Waals surface area contributed by atoms with Gasteiger partial charge in [-0.2, -0.15) is 0 Å². The third-order valence-electron chi connectivity index (χ3n) is 5.39. The van der Waals surface area contributed by atoms with Gasteiger partial charge in [-0.25, -0.2) is 9.48 Å². The Hall–Kier alpha value is -3.61. The fourth-order valence-electron chi connectivity index (χ4n) is 3.73. The van der Waals surface area contributed by atoms with Crippen molar-refractivity contribution in [2.75, 3.05) is 0 Å². The van der Waals surface area contributed by atoms with Gasteiger partial charge in [-0.15, -0.1) is 0 Å². The van der Waals surface area contributed by atoms with Crippen LogP contribution in [0.5, 0.6) is 0 Å². The van der Waals surface area contributed by atoms with E-state index >= 15 is 0 Å². The lowest BCUT2D eigenvalue weighted by Crippen LogP contribution is -2.22. The molecule has 0 radical (unpaired) electrons. The van der Waals surface area contributed by atoms with E-state index in [1.54, 1.807) is 15.3 Å². The first-order chi connectivity index (χ1) is 14.4. The van der Waals surface area contributed by atoms with E-state index in [1.807, 2.05) is 70.2 Å². The number of H-pyrrole nitrogens is 1. The number of fused-ring (bicyclic) bond motifs is 1. The minimum Gasteiger partial charge on any atom is -0.295 e. The van der Waals surface area contributed by atoms with Gasteiger partial charge in [0.1, 0.15) is 0 Å². The van der Waals surface area contributed by atoms with Crippen molar-refractivity contribution in [2.45, 2.75) is 40.8 Å². The molecule has 0 amide bonds. The predicted molar refractivity (Wildman–Crippen MR) is 121 cm³/mol. The molecule has 2 aromatic carbocycles. The molecule has 0 unspecified atom stereocenters. The lowest BCUT2D eigenvalue weighted by Gasteiger charge is -2.01. The summed E-state index contributed by atoms with van der Waals surface area (Å²) in [6, 6.07) is 13.4. The molecule has 0 saturated heterocycles. The molecular weight excluding hydrogens is 378 g/mol. The number of imidazole rings is 1.